The molecule has 2 heterocycles. The van der Waals surface area contributed by atoms with Crippen molar-refractivity contribution in [3.8, 4) is 0 Å². The third-order valence-electron chi connectivity index (χ3n) is 4.78. The van der Waals surface area contributed by atoms with Crippen LogP contribution in [0.5, 0.6) is 0 Å². The van der Waals surface area contributed by atoms with Crippen molar-refractivity contribution in [2.75, 3.05) is 20.1 Å². The molecule has 0 amide bonds. The molecule has 0 saturated carbocycles. The van der Waals surface area contributed by atoms with Gasteiger partial charge in [-0.2, -0.15) is 0 Å². The first kappa shape index (κ1) is 15.4. The van der Waals surface area contributed by atoms with Gasteiger partial charge >= 0.3 is 0 Å². The number of hydrogen-bond donors (Lipinski definition) is 1. The number of nitrogens with one attached hydrogen (secondary N) is 1. The molecule has 0 bridgehead atoms. The van der Waals surface area contributed by atoms with Gasteiger partial charge in [0.25, 0.3) is 0 Å². The fraction of sp³-hybridized carbons (Fsp3) is 0.556. The van der Waals surface area contributed by atoms with Gasteiger partial charge in [-0.15, -0.1) is 0 Å². The van der Waals surface area contributed by atoms with Crippen LogP contribution >= 0.6 is 0 Å². The summed E-state index contributed by atoms with van der Waals surface area (Å²) in [7, 11) is 2.22. The highest BCUT2D eigenvalue weighted by Gasteiger charge is 2.29. The summed E-state index contributed by atoms with van der Waals surface area (Å²) in [5.41, 5.74) is 1.49. The van der Waals surface area contributed by atoms with Crippen molar-refractivity contribution in [1.82, 2.24) is 10.2 Å². The Kier molecular flexibility index (Phi) is 5.35. The van der Waals surface area contributed by atoms with Gasteiger partial charge in [0, 0.05) is 6.04 Å². The molecule has 0 spiro atoms. The summed E-state index contributed by atoms with van der Waals surface area (Å²) < 4.78 is 11.1. The lowest BCUT2D eigenvalue weighted by molar-refractivity contribution is 0.112. The molecule has 1 unspecified atom stereocenters. The molecule has 3 aliphatic rings. The van der Waals surface area contributed by atoms with Gasteiger partial charge in [-0.25, -0.2) is 0 Å². The minimum absolute atomic E-state index is 0.241. The predicted octanol–water partition coefficient (Wildman–Crippen LogP) is 3.06. The summed E-state index contributed by atoms with van der Waals surface area (Å²) in [5, 5.41) is 3.44. The summed E-state index contributed by atoms with van der Waals surface area (Å²) in [5.74, 6) is 0.916. The van der Waals surface area contributed by atoms with E-state index in [4.69, 9.17) is 9.47 Å². The van der Waals surface area contributed by atoms with E-state index in [1.807, 2.05) is 0 Å². The van der Waals surface area contributed by atoms with Crippen LogP contribution in [0.4, 0.5) is 0 Å². The Hall–Kier alpha value is -1.52. The van der Waals surface area contributed by atoms with Crippen LogP contribution in [-0.4, -0.2) is 37.1 Å². The van der Waals surface area contributed by atoms with E-state index < -0.39 is 0 Å². The quantitative estimate of drug-likeness (QED) is 0.846. The van der Waals surface area contributed by atoms with E-state index in [2.05, 4.69) is 35.5 Å². The maximum Gasteiger partial charge on any atom is 0.156 e. The highest BCUT2D eigenvalue weighted by Crippen LogP contribution is 2.28. The van der Waals surface area contributed by atoms with Crippen molar-refractivity contribution in [2.24, 2.45) is 0 Å². The Morgan fingerprint density at radius 1 is 1.32 bits per heavy atom. The van der Waals surface area contributed by atoms with Crippen LogP contribution in [0.2, 0.25) is 0 Å². The number of likely N-dealkylation sites (N-methyl/N-ethyl adjacent to an activating group) is 1. The molecule has 0 aromatic heterocycles. The molecular weight excluding hydrogens is 276 g/mol. The molecule has 120 valence electrons. The zero-order valence-corrected chi connectivity index (χ0v) is 13.3. The average Bonchev–Trinajstić information content (AvgIpc) is 2.61. The van der Waals surface area contributed by atoms with Gasteiger partial charge in [0.2, 0.25) is 0 Å². The maximum absolute atomic E-state index is 5.75. The zero-order chi connectivity index (χ0) is 15.2. The molecule has 1 N–H and O–H groups in total. The molecular formula is C18H26N2O2. The summed E-state index contributed by atoms with van der Waals surface area (Å²) in [6, 6.07) is 0.840. The number of allylic oxidation sites excluding steroid dienone is 3. The first-order valence-corrected chi connectivity index (χ1v) is 8.29. The van der Waals surface area contributed by atoms with Gasteiger partial charge < -0.3 is 14.8 Å². The Morgan fingerprint density at radius 3 is 2.86 bits per heavy atom. The lowest BCUT2D eigenvalue weighted by Crippen LogP contribution is -2.47. The standard InChI is InChI=1S/C18H26N2O2/c1-20(16-7-9-19-10-8-16)17(18-14-21-11-12-22-18)13-15-5-3-2-4-6-15/h2-3,5,11-12,14,16-17,19H,4,6-10,13H2,1H3. The van der Waals surface area contributed by atoms with Gasteiger partial charge in [0.05, 0.1) is 6.04 Å². The minimum atomic E-state index is 0.241. The van der Waals surface area contributed by atoms with Crippen molar-refractivity contribution in [2.45, 2.75) is 44.2 Å². The Bertz CT molecular complexity index is 487. The van der Waals surface area contributed by atoms with E-state index in [9.17, 15) is 0 Å². The molecule has 3 rings (SSSR count). The number of rotatable bonds is 5. The molecule has 0 aromatic rings. The zero-order valence-electron chi connectivity index (χ0n) is 13.3. The van der Waals surface area contributed by atoms with Crippen molar-refractivity contribution in [3.05, 3.63) is 48.3 Å². The summed E-state index contributed by atoms with van der Waals surface area (Å²) in [4.78, 5) is 2.48. The molecule has 1 aliphatic carbocycles. The predicted molar refractivity (Wildman–Crippen MR) is 87.9 cm³/mol. The van der Waals surface area contributed by atoms with Crippen molar-refractivity contribution >= 4 is 0 Å². The smallest absolute Gasteiger partial charge is 0.156 e. The number of nitrogens with zero attached hydrogens (tertiary/aromatic N) is 1. The van der Waals surface area contributed by atoms with E-state index in [-0.39, 0.29) is 6.04 Å². The van der Waals surface area contributed by atoms with Gasteiger partial charge in [-0.3, -0.25) is 4.90 Å². The highest BCUT2D eigenvalue weighted by atomic mass is 16.5. The molecule has 1 fully saturated rings. The SMILES string of the molecule is CN(C1CCNCC1)C(CC1=CC=CCC1)C1=COC=CO1. The molecule has 4 nitrogen and oxygen atoms in total. The third-order valence-corrected chi connectivity index (χ3v) is 4.78. The summed E-state index contributed by atoms with van der Waals surface area (Å²) in [6.45, 7) is 2.20. The fourth-order valence-corrected chi connectivity index (χ4v) is 3.41. The van der Waals surface area contributed by atoms with Crippen LogP contribution in [0.15, 0.2) is 48.3 Å². The Balaban J connectivity index is 1.73. The van der Waals surface area contributed by atoms with Crippen molar-refractivity contribution in [3.63, 3.8) is 0 Å². The van der Waals surface area contributed by atoms with Crippen LogP contribution in [0.3, 0.4) is 0 Å². The van der Waals surface area contributed by atoms with Crippen molar-refractivity contribution < 1.29 is 9.47 Å². The van der Waals surface area contributed by atoms with E-state index in [0.29, 0.717) is 6.04 Å². The normalized spacial score (nSPS) is 23.5. The molecule has 4 heteroatoms. The lowest BCUT2D eigenvalue weighted by atomic mass is 9.94. The molecule has 0 radical (unpaired) electrons. The highest BCUT2D eigenvalue weighted by molar-refractivity contribution is 5.21. The summed E-state index contributed by atoms with van der Waals surface area (Å²) in [6.07, 6.45) is 17.3. The monoisotopic (exact) mass is 302 g/mol. The number of hydrogen-bond acceptors (Lipinski definition) is 4. The third kappa shape index (κ3) is 3.81. The van der Waals surface area contributed by atoms with E-state index in [0.717, 1.165) is 38.1 Å². The van der Waals surface area contributed by atoms with E-state index in [1.165, 1.54) is 18.4 Å². The summed E-state index contributed by atoms with van der Waals surface area (Å²) >= 11 is 0. The molecule has 0 aromatic carbocycles. The Morgan fingerprint density at radius 2 is 2.18 bits per heavy atom. The Labute approximate surface area is 133 Å². The average molecular weight is 302 g/mol. The number of piperidine rings is 1. The van der Waals surface area contributed by atoms with Gasteiger partial charge in [0.1, 0.15) is 18.8 Å². The maximum atomic E-state index is 5.75. The first-order chi connectivity index (χ1) is 10.8. The van der Waals surface area contributed by atoms with Gasteiger partial charge in [0.15, 0.2) is 5.76 Å². The van der Waals surface area contributed by atoms with Crippen LogP contribution < -0.4 is 5.32 Å². The van der Waals surface area contributed by atoms with Crippen molar-refractivity contribution in [1.29, 1.82) is 0 Å². The second kappa shape index (κ2) is 7.65. The molecule has 1 atom stereocenters. The number of ether oxygens (including phenoxy) is 2. The van der Waals surface area contributed by atoms with Crippen LogP contribution in [0.1, 0.15) is 32.1 Å². The van der Waals surface area contributed by atoms with E-state index >= 15 is 0 Å². The second-order valence-corrected chi connectivity index (χ2v) is 6.20. The lowest BCUT2D eigenvalue weighted by Gasteiger charge is -2.38. The van der Waals surface area contributed by atoms with Gasteiger partial charge in [-0.05, 0) is 52.2 Å². The topological polar surface area (TPSA) is 33.7 Å². The minimum Gasteiger partial charge on any atom is -0.466 e. The largest absolute Gasteiger partial charge is 0.466 e. The van der Waals surface area contributed by atoms with Crippen LogP contribution in [0, 0.1) is 0 Å². The molecule has 22 heavy (non-hydrogen) atoms. The first-order valence-electron chi connectivity index (χ1n) is 8.29. The van der Waals surface area contributed by atoms with Crippen LogP contribution in [-0.2, 0) is 9.47 Å². The fourth-order valence-electron chi connectivity index (χ4n) is 3.41. The second-order valence-electron chi connectivity index (χ2n) is 6.20. The van der Waals surface area contributed by atoms with E-state index in [1.54, 1.807) is 18.8 Å². The molecule has 2 aliphatic heterocycles. The molecule has 1 saturated heterocycles. The van der Waals surface area contributed by atoms with Gasteiger partial charge in [-0.1, -0.05) is 23.8 Å². The van der Waals surface area contributed by atoms with Crippen LogP contribution in [0.25, 0.3) is 0 Å².